The number of nitrogens with zero attached hydrogens (tertiary/aromatic N) is 1. The second-order valence-corrected chi connectivity index (χ2v) is 6.02. The summed E-state index contributed by atoms with van der Waals surface area (Å²) in [5.74, 6) is -0.172. The van der Waals surface area contributed by atoms with Crippen LogP contribution in [0.5, 0.6) is 0 Å². The third kappa shape index (κ3) is 4.26. The van der Waals surface area contributed by atoms with Crippen LogP contribution >= 0.6 is 0 Å². The molecule has 0 saturated heterocycles. The van der Waals surface area contributed by atoms with Gasteiger partial charge in [-0.05, 0) is 23.1 Å². The fraction of sp³-hybridized carbons (Fsp3) is 0.467. The Morgan fingerprint density at radius 2 is 1.65 bits per heavy atom. The van der Waals surface area contributed by atoms with Gasteiger partial charge in [0.05, 0.1) is 11.4 Å². The van der Waals surface area contributed by atoms with Gasteiger partial charge in [0, 0.05) is 21.0 Å². The van der Waals surface area contributed by atoms with Gasteiger partial charge in [0.1, 0.15) is 0 Å². The molecule has 0 aliphatic rings. The molecule has 0 aliphatic heterocycles. The number of amides is 3. The fourth-order valence-electron chi connectivity index (χ4n) is 1.64. The van der Waals surface area contributed by atoms with E-state index in [9.17, 15) is 9.59 Å². The summed E-state index contributed by atoms with van der Waals surface area (Å²) in [5, 5.41) is 5.52. The largest absolute Gasteiger partial charge is 0.331 e. The second kappa shape index (κ2) is 5.94. The molecule has 2 N–H and O–H groups in total. The van der Waals surface area contributed by atoms with Crippen molar-refractivity contribution in [3.8, 4) is 0 Å². The topological polar surface area (TPSA) is 61.4 Å². The minimum absolute atomic E-state index is 0.0354. The van der Waals surface area contributed by atoms with Gasteiger partial charge in [0.15, 0.2) is 0 Å². The highest BCUT2D eigenvalue weighted by Gasteiger charge is 2.17. The molecule has 5 heteroatoms. The van der Waals surface area contributed by atoms with Crippen LogP contribution in [0.25, 0.3) is 0 Å². The van der Waals surface area contributed by atoms with Gasteiger partial charge in [-0.15, -0.1) is 0 Å². The number of carbonyl (C=O) groups is 2. The Bertz CT molecular complexity index is 516. The highest BCUT2D eigenvalue weighted by molar-refractivity contribution is 5.98. The molecule has 5 nitrogen and oxygen atoms in total. The lowest BCUT2D eigenvalue weighted by Crippen LogP contribution is -2.28. The number of hydrogen-bond donors (Lipinski definition) is 2. The molecule has 0 unspecified atom stereocenters. The number of benzene rings is 1. The summed E-state index contributed by atoms with van der Waals surface area (Å²) < 4.78 is 0. The normalized spacial score (nSPS) is 10.9. The quantitative estimate of drug-likeness (QED) is 0.872. The molecule has 0 heterocycles. The van der Waals surface area contributed by atoms with E-state index in [1.165, 1.54) is 11.8 Å². The standard InChI is InChI=1S/C15H23N3O2/c1-10(19)16-12-8-7-11(15(2,3)4)9-13(12)17-14(20)18(5)6/h7-9H,1-6H3,(H,16,19)(H,17,20). The first kappa shape index (κ1) is 16.0. The average Bonchev–Trinajstić information content (AvgIpc) is 2.28. The highest BCUT2D eigenvalue weighted by atomic mass is 16.2. The van der Waals surface area contributed by atoms with Crippen LogP contribution in [-0.4, -0.2) is 30.9 Å². The van der Waals surface area contributed by atoms with Gasteiger partial charge < -0.3 is 15.5 Å². The lowest BCUT2D eigenvalue weighted by atomic mass is 9.86. The van der Waals surface area contributed by atoms with Crippen molar-refractivity contribution in [2.75, 3.05) is 24.7 Å². The SMILES string of the molecule is CC(=O)Nc1ccc(C(C)(C)C)cc1NC(=O)N(C)C. The Hall–Kier alpha value is -2.04. The molecule has 3 amide bonds. The Labute approximate surface area is 120 Å². The number of carbonyl (C=O) groups excluding carboxylic acids is 2. The molecule has 20 heavy (non-hydrogen) atoms. The van der Waals surface area contributed by atoms with Gasteiger partial charge in [-0.25, -0.2) is 4.79 Å². The third-order valence-corrected chi connectivity index (χ3v) is 2.84. The van der Waals surface area contributed by atoms with Gasteiger partial charge in [-0.3, -0.25) is 4.79 Å². The zero-order valence-electron chi connectivity index (χ0n) is 13.0. The first-order chi connectivity index (χ1) is 9.11. The van der Waals surface area contributed by atoms with Crippen molar-refractivity contribution in [3.63, 3.8) is 0 Å². The molecule has 0 fully saturated rings. The summed E-state index contributed by atoms with van der Waals surface area (Å²) in [6.45, 7) is 7.73. The van der Waals surface area contributed by atoms with E-state index in [-0.39, 0.29) is 17.4 Å². The number of nitrogens with one attached hydrogen (secondary N) is 2. The van der Waals surface area contributed by atoms with E-state index < -0.39 is 0 Å². The van der Waals surface area contributed by atoms with Crippen molar-refractivity contribution in [2.24, 2.45) is 0 Å². The molecule has 0 saturated carbocycles. The predicted molar refractivity (Wildman–Crippen MR) is 82.2 cm³/mol. The minimum atomic E-state index is -0.234. The maximum Gasteiger partial charge on any atom is 0.321 e. The van der Waals surface area contributed by atoms with Crippen LogP contribution in [0.3, 0.4) is 0 Å². The molecule has 1 aromatic rings. The van der Waals surface area contributed by atoms with E-state index in [4.69, 9.17) is 0 Å². The number of anilines is 2. The monoisotopic (exact) mass is 277 g/mol. The molecule has 1 aromatic carbocycles. The number of rotatable bonds is 2. The molecule has 0 spiro atoms. The van der Waals surface area contributed by atoms with Gasteiger partial charge >= 0.3 is 6.03 Å². The first-order valence-electron chi connectivity index (χ1n) is 6.51. The van der Waals surface area contributed by atoms with E-state index in [0.29, 0.717) is 11.4 Å². The van der Waals surface area contributed by atoms with E-state index in [1.807, 2.05) is 18.2 Å². The molecule has 0 aromatic heterocycles. The van der Waals surface area contributed by atoms with Gasteiger partial charge in [-0.2, -0.15) is 0 Å². The van der Waals surface area contributed by atoms with E-state index in [2.05, 4.69) is 31.4 Å². The van der Waals surface area contributed by atoms with Crippen LogP contribution in [0.15, 0.2) is 18.2 Å². The first-order valence-corrected chi connectivity index (χ1v) is 6.51. The second-order valence-electron chi connectivity index (χ2n) is 6.02. The highest BCUT2D eigenvalue weighted by Crippen LogP contribution is 2.30. The Kier molecular flexibility index (Phi) is 4.76. The number of hydrogen-bond acceptors (Lipinski definition) is 2. The molecule has 0 radical (unpaired) electrons. The van der Waals surface area contributed by atoms with Crippen molar-refractivity contribution in [2.45, 2.75) is 33.1 Å². The van der Waals surface area contributed by atoms with Crippen LogP contribution in [0.2, 0.25) is 0 Å². The zero-order chi connectivity index (χ0) is 15.5. The van der Waals surface area contributed by atoms with Crippen molar-refractivity contribution >= 4 is 23.3 Å². The molecule has 1 rings (SSSR count). The van der Waals surface area contributed by atoms with Crippen LogP contribution < -0.4 is 10.6 Å². The molecule has 0 bridgehead atoms. The van der Waals surface area contributed by atoms with E-state index in [0.717, 1.165) is 5.56 Å². The Morgan fingerprint density at radius 3 is 2.10 bits per heavy atom. The predicted octanol–water partition coefficient (Wildman–Crippen LogP) is 3.04. The lowest BCUT2D eigenvalue weighted by Gasteiger charge is -2.22. The Balaban J connectivity index is 3.19. The van der Waals surface area contributed by atoms with E-state index >= 15 is 0 Å². The average molecular weight is 277 g/mol. The summed E-state index contributed by atoms with van der Waals surface area (Å²) in [6.07, 6.45) is 0. The lowest BCUT2D eigenvalue weighted by molar-refractivity contribution is -0.114. The third-order valence-electron chi connectivity index (χ3n) is 2.84. The summed E-state index contributed by atoms with van der Waals surface area (Å²) in [7, 11) is 3.34. The zero-order valence-corrected chi connectivity index (χ0v) is 13.0. The van der Waals surface area contributed by atoms with Crippen molar-refractivity contribution in [1.29, 1.82) is 0 Å². The van der Waals surface area contributed by atoms with Gasteiger partial charge in [0.25, 0.3) is 0 Å². The van der Waals surface area contributed by atoms with Crippen LogP contribution in [0, 0.1) is 0 Å². The molecule has 0 aliphatic carbocycles. The van der Waals surface area contributed by atoms with E-state index in [1.54, 1.807) is 14.1 Å². The minimum Gasteiger partial charge on any atom is -0.331 e. The maximum absolute atomic E-state index is 11.8. The van der Waals surface area contributed by atoms with Gasteiger partial charge in [0.2, 0.25) is 5.91 Å². The summed E-state index contributed by atoms with van der Waals surface area (Å²) in [6, 6.07) is 5.43. The van der Waals surface area contributed by atoms with Gasteiger partial charge in [-0.1, -0.05) is 26.8 Å². The maximum atomic E-state index is 11.8. The van der Waals surface area contributed by atoms with Crippen molar-refractivity contribution in [1.82, 2.24) is 4.90 Å². The number of urea groups is 1. The summed E-state index contributed by atoms with van der Waals surface area (Å²) in [5.41, 5.74) is 2.25. The van der Waals surface area contributed by atoms with Crippen molar-refractivity contribution < 1.29 is 9.59 Å². The van der Waals surface area contributed by atoms with Crippen LogP contribution in [0.4, 0.5) is 16.2 Å². The van der Waals surface area contributed by atoms with Crippen molar-refractivity contribution in [3.05, 3.63) is 23.8 Å². The van der Waals surface area contributed by atoms with Crippen LogP contribution in [0.1, 0.15) is 33.3 Å². The summed E-state index contributed by atoms with van der Waals surface area (Å²) in [4.78, 5) is 24.5. The molecular formula is C15H23N3O2. The molecule has 110 valence electrons. The smallest absolute Gasteiger partial charge is 0.321 e. The summed E-state index contributed by atoms with van der Waals surface area (Å²) >= 11 is 0. The fourth-order valence-corrected chi connectivity index (χ4v) is 1.64. The molecule has 0 atom stereocenters. The van der Waals surface area contributed by atoms with Crippen LogP contribution in [-0.2, 0) is 10.2 Å². The Morgan fingerprint density at radius 1 is 1.05 bits per heavy atom. The molecular weight excluding hydrogens is 254 g/mol.